The molecule has 5 heteroatoms. The van der Waals surface area contributed by atoms with Crippen LogP contribution < -0.4 is 9.80 Å². The molecule has 0 N–H and O–H groups in total. The highest BCUT2D eigenvalue weighted by Crippen LogP contribution is 2.64. The molecule has 0 radical (unpaired) electrons. The van der Waals surface area contributed by atoms with Crippen molar-refractivity contribution >= 4 is 83.3 Å². The molecular weight excluding hydrogens is 771 g/mol. The first kappa shape index (κ1) is 35.8. The predicted molar refractivity (Wildman–Crippen MR) is 260 cm³/mol. The Morgan fingerprint density at radius 3 is 2.13 bits per heavy atom. The van der Waals surface area contributed by atoms with Gasteiger partial charge in [0.2, 0.25) is 5.71 Å². The molecule has 0 spiro atoms. The van der Waals surface area contributed by atoms with E-state index in [0.29, 0.717) is 0 Å². The number of aryl methyl sites for hydroxylation is 1. The Kier molecular flexibility index (Phi) is 6.73. The van der Waals surface area contributed by atoms with Gasteiger partial charge in [-0.25, -0.2) is 0 Å². The van der Waals surface area contributed by atoms with Gasteiger partial charge in [-0.1, -0.05) is 119 Å². The number of fused-ring (bicyclic) bond motifs is 15. The highest BCUT2D eigenvalue weighted by atomic mass is 16.3. The molecule has 0 saturated heterocycles. The first-order valence-corrected chi connectivity index (χ1v) is 22.9. The standard InChI is InChI=1S/C58H49N3O2/c1-33-29-45-53-46(30-33)60-54-39(17-13-18-40(54)51-37-15-7-10-21-48(37)63-55(51)60)50(53)36-25-24-35(32-44(36)59(45)43-19-14-22-49-52(43)38-16-8-9-20-47(38)62-49)61-42-26-23-34(56(2,3)4)31-41(42)57(5)27-11-12-28-58(57,61)6/h7-10,13-26,29-32,50H,11-12,27-28H2,1-6H3. The highest BCUT2D eigenvalue weighted by molar-refractivity contribution is 6.21. The van der Waals surface area contributed by atoms with E-state index in [4.69, 9.17) is 8.83 Å². The number of aromatic nitrogens is 1. The zero-order valence-corrected chi connectivity index (χ0v) is 36.8. The van der Waals surface area contributed by atoms with Gasteiger partial charge < -0.3 is 18.6 Å². The summed E-state index contributed by atoms with van der Waals surface area (Å²) in [7, 11) is 0. The Morgan fingerprint density at radius 2 is 1.30 bits per heavy atom. The van der Waals surface area contributed by atoms with Gasteiger partial charge in [-0.15, -0.1) is 0 Å². The number of nitrogens with zero attached hydrogens (tertiary/aromatic N) is 3. The Balaban J connectivity index is 1.09. The summed E-state index contributed by atoms with van der Waals surface area (Å²) in [5.41, 5.74) is 20.2. The Bertz CT molecular complexity index is 3650. The largest absolute Gasteiger partial charge is 0.456 e. The van der Waals surface area contributed by atoms with Crippen LogP contribution in [0.3, 0.4) is 0 Å². The molecule has 10 aromatic rings. The van der Waals surface area contributed by atoms with Gasteiger partial charge in [0.1, 0.15) is 16.7 Å². The van der Waals surface area contributed by atoms with Crippen LogP contribution in [0, 0.1) is 6.92 Å². The van der Waals surface area contributed by atoms with Gasteiger partial charge in [0.05, 0.1) is 44.6 Å². The van der Waals surface area contributed by atoms with Crippen LogP contribution in [0.1, 0.15) is 99.6 Å². The van der Waals surface area contributed by atoms with Crippen LogP contribution in [0.2, 0.25) is 0 Å². The van der Waals surface area contributed by atoms with Gasteiger partial charge in [0.15, 0.2) is 0 Å². The van der Waals surface area contributed by atoms with Gasteiger partial charge in [-0.3, -0.25) is 4.57 Å². The maximum absolute atomic E-state index is 6.87. The molecule has 5 nitrogen and oxygen atoms in total. The zero-order valence-electron chi connectivity index (χ0n) is 36.8. The molecule has 4 aliphatic rings. The third-order valence-corrected chi connectivity index (χ3v) is 16.1. The highest BCUT2D eigenvalue weighted by Gasteiger charge is 2.58. The van der Waals surface area contributed by atoms with Crippen molar-refractivity contribution in [3.8, 4) is 5.69 Å². The lowest BCUT2D eigenvalue weighted by Gasteiger charge is -2.50. The van der Waals surface area contributed by atoms with Crippen molar-refractivity contribution in [1.82, 2.24) is 4.57 Å². The summed E-state index contributed by atoms with van der Waals surface area (Å²) in [6, 6.07) is 50.2. The normalized spacial score (nSPS) is 21.1. The summed E-state index contributed by atoms with van der Waals surface area (Å²) in [5, 5.41) is 5.84. The van der Waals surface area contributed by atoms with Crippen molar-refractivity contribution in [1.29, 1.82) is 0 Å². The van der Waals surface area contributed by atoms with Crippen molar-refractivity contribution in [2.75, 3.05) is 9.80 Å². The van der Waals surface area contributed by atoms with Crippen LogP contribution in [0.4, 0.5) is 28.4 Å². The number of hydrogen-bond donors (Lipinski definition) is 0. The summed E-state index contributed by atoms with van der Waals surface area (Å²) in [5.74, 6) is 0.00779. The molecule has 3 aromatic heterocycles. The topological polar surface area (TPSA) is 37.7 Å². The molecule has 1 saturated carbocycles. The van der Waals surface area contributed by atoms with Crippen LogP contribution in [0.15, 0.2) is 142 Å². The minimum absolute atomic E-state index is 0.00779. The summed E-state index contributed by atoms with van der Waals surface area (Å²) >= 11 is 0. The Morgan fingerprint density at radius 1 is 0.587 bits per heavy atom. The lowest BCUT2D eigenvalue weighted by molar-refractivity contribution is 0.195. The smallest absolute Gasteiger partial charge is 0.213 e. The third-order valence-electron chi connectivity index (χ3n) is 16.1. The molecule has 0 amide bonds. The van der Waals surface area contributed by atoms with Crippen LogP contribution in [0.5, 0.6) is 0 Å². The van der Waals surface area contributed by atoms with Crippen LogP contribution in [-0.2, 0) is 10.8 Å². The average Bonchev–Trinajstić information content (AvgIpc) is 4.00. The van der Waals surface area contributed by atoms with Gasteiger partial charge >= 0.3 is 0 Å². The quantitative estimate of drug-likeness (QED) is 0.174. The lowest BCUT2D eigenvalue weighted by Crippen LogP contribution is -2.54. The van der Waals surface area contributed by atoms with E-state index >= 15 is 0 Å². The van der Waals surface area contributed by atoms with Gasteiger partial charge in [0.25, 0.3) is 0 Å². The van der Waals surface area contributed by atoms with Crippen molar-refractivity contribution in [2.24, 2.45) is 0 Å². The predicted octanol–water partition coefficient (Wildman–Crippen LogP) is 16.1. The molecule has 308 valence electrons. The van der Waals surface area contributed by atoms with Gasteiger partial charge in [0, 0.05) is 44.4 Å². The number of benzene rings is 7. The maximum Gasteiger partial charge on any atom is 0.213 e. The van der Waals surface area contributed by atoms with Crippen LogP contribution in [-0.4, -0.2) is 10.1 Å². The van der Waals surface area contributed by atoms with E-state index in [9.17, 15) is 0 Å². The second kappa shape index (κ2) is 11.8. The second-order valence-electron chi connectivity index (χ2n) is 20.5. The Hall–Kier alpha value is -6.72. The minimum atomic E-state index is -0.0889. The van der Waals surface area contributed by atoms with E-state index in [1.807, 2.05) is 0 Å². The Labute approximate surface area is 367 Å². The summed E-state index contributed by atoms with van der Waals surface area (Å²) in [6.45, 7) is 14.4. The molecule has 3 unspecified atom stereocenters. The molecule has 0 bridgehead atoms. The molecular formula is C58H49N3O2. The van der Waals surface area contributed by atoms with Crippen molar-refractivity contribution < 1.29 is 8.83 Å². The van der Waals surface area contributed by atoms with E-state index < -0.39 is 0 Å². The average molecular weight is 820 g/mol. The fourth-order valence-electron chi connectivity index (χ4n) is 13.0. The lowest BCUT2D eigenvalue weighted by atomic mass is 9.61. The van der Waals surface area contributed by atoms with E-state index in [1.54, 1.807) is 0 Å². The monoisotopic (exact) mass is 819 g/mol. The maximum atomic E-state index is 6.87. The number of furan rings is 2. The SMILES string of the molecule is Cc1cc2c3c(c1)-n1c4oc5ccccc5c4c4cccc(c41)C3c1ccc(N3c4ccc(C(C)(C)C)cc4C4(C)CCCCC34C)cc1N2c1cccc2oc3ccccc3c12. The number of anilines is 5. The molecule has 14 rings (SSSR count). The number of rotatable bonds is 2. The van der Waals surface area contributed by atoms with E-state index in [0.717, 1.165) is 50.7 Å². The fourth-order valence-corrected chi connectivity index (χ4v) is 13.0. The molecule has 3 aliphatic heterocycles. The van der Waals surface area contributed by atoms with Crippen molar-refractivity contribution in [3.63, 3.8) is 0 Å². The van der Waals surface area contributed by atoms with Crippen molar-refractivity contribution in [2.45, 2.75) is 89.5 Å². The van der Waals surface area contributed by atoms with E-state index in [2.05, 4.69) is 189 Å². The van der Waals surface area contributed by atoms with Gasteiger partial charge in [-0.05, 0) is 115 Å². The molecule has 63 heavy (non-hydrogen) atoms. The first-order chi connectivity index (χ1) is 30.5. The van der Waals surface area contributed by atoms with E-state index in [-0.39, 0.29) is 22.3 Å². The minimum Gasteiger partial charge on any atom is -0.456 e. The van der Waals surface area contributed by atoms with Crippen LogP contribution in [0.25, 0.3) is 60.6 Å². The molecule has 3 atom stereocenters. The molecule has 1 aliphatic carbocycles. The summed E-state index contributed by atoms with van der Waals surface area (Å²) < 4.78 is 15.9. The molecule has 1 fully saturated rings. The second-order valence-corrected chi connectivity index (χ2v) is 20.5. The molecule has 6 heterocycles. The number of hydrogen-bond acceptors (Lipinski definition) is 4. The first-order valence-electron chi connectivity index (χ1n) is 22.9. The number of para-hydroxylation sites is 3. The zero-order chi connectivity index (χ0) is 42.3. The summed E-state index contributed by atoms with van der Waals surface area (Å²) in [6.07, 6.45) is 4.82. The van der Waals surface area contributed by atoms with Crippen LogP contribution >= 0.6 is 0 Å². The van der Waals surface area contributed by atoms with Gasteiger partial charge in [-0.2, -0.15) is 0 Å². The van der Waals surface area contributed by atoms with Crippen molar-refractivity contribution in [3.05, 3.63) is 167 Å². The summed E-state index contributed by atoms with van der Waals surface area (Å²) in [4.78, 5) is 5.33. The third kappa shape index (κ3) is 4.38. The van der Waals surface area contributed by atoms with E-state index in [1.165, 1.54) is 97.4 Å². The molecule has 7 aromatic carbocycles. The fraction of sp³-hybridized carbons (Fsp3) is 0.241.